The molecule has 1 heterocycles. The van der Waals surface area contributed by atoms with Crippen LogP contribution in [-0.4, -0.2) is 30.0 Å². The topological polar surface area (TPSA) is 54.5 Å². The van der Waals surface area contributed by atoms with Gasteiger partial charge in [-0.3, -0.25) is 0 Å². The average Bonchev–Trinajstić information content (AvgIpc) is 2.42. The molecule has 0 fully saturated rings. The molecule has 2 amide bonds. The number of anilines is 1. The van der Waals surface area contributed by atoms with Crippen LogP contribution >= 0.6 is 0 Å². The van der Waals surface area contributed by atoms with Crippen molar-refractivity contribution in [3.63, 3.8) is 0 Å². The highest BCUT2D eigenvalue weighted by atomic mass is 16.5. The number of urea groups is 1. The van der Waals surface area contributed by atoms with E-state index in [1.54, 1.807) is 50.6 Å². The minimum atomic E-state index is -0.168. The average molecular weight is 257 g/mol. The van der Waals surface area contributed by atoms with Gasteiger partial charge in [0.15, 0.2) is 0 Å². The number of carbonyl (C=O) groups is 1. The largest absolute Gasteiger partial charge is 0.439 e. The summed E-state index contributed by atoms with van der Waals surface area (Å²) in [5, 5.41) is 2.75. The minimum absolute atomic E-state index is 0.168. The fraction of sp³-hybridized carbons (Fsp3) is 0.143. The summed E-state index contributed by atoms with van der Waals surface area (Å²) in [5.74, 6) is 1.20. The molecule has 19 heavy (non-hydrogen) atoms. The summed E-state index contributed by atoms with van der Waals surface area (Å²) in [6, 6.07) is 12.4. The van der Waals surface area contributed by atoms with Crippen LogP contribution in [0.25, 0.3) is 0 Å². The van der Waals surface area contributed by atoms with Crippen molar-refractivity contribution >= 4 is 11.7 Å². The summed E-state index contributed by atoms with van der Waals surface area (Å²) < 4.78 is 5.55. The minimum Gasteiger partial charge on any atom is -0.439 e. The SMILES string of the molecule is CN(C)C(=O)Nc1ccc(Oc2ccccn2)cc1. The maximum absolute atomic E-state index is 11.5. The number of hydrogen-bond donors (Lipinski definition) is 1. The van der Waals surface area contributed by atoms with Crippen molar-refractivity contribution in [2.24, 2.45) is 0 Å². The monoisotopic (exact) mass is 257 g/mol. The first-order valence-corrected chi connectivity index (χ1v) is 5.82. The van der Waals surface area contributed by atoms with Crippen molar-refractivity contribution in [1.29, 1.82) is 0 Å². The van der Waals surface area contributed by atoms with Gasteiger partial charge in [-0.15, -0.1) is 0 Å². The summed E-state index contributed by atoms with van der Waals surface area (Å²) >= 11 is 0. The standard InChI is InChI=1S/C14H15N3O2/c1-17(2)14(18)16-11-6-8-12(9-7-11)19-13-5-3-4-10-15-13/h3-10H,1-2H3,(H,16,18). The van der Waals surface area contributed by atoms with Crippen molar-refractivity contribution in [2.45, 2.75) is 0 Å². The number of amides is 2. The van der Waals surface area contributed by atoms with Crippen LogP contribution in [0, 0.1) is 0 Å². The Balaban J connectivity index is 2.01. The summed E-state index contributed by atoms with van der Waals surface area (Å²) in [5.41, 5.74) is 0.715. The van der Waals surface area contributed by atoms with Crippen molar-refractivity contribution in [3.05, 3.63) is 48.7 Å². The number of benzene rings is 1. The molecule has 5 nitrogen and oxygen atoms in total. The van der Waals surface area contributed by atoms with Gasteiger partial charge in [-0.1, -0.05) is 6.07 Å². The van der Waals surface area contributed by atoms with E-state index in [1.165, 1.54) is 4.90 Å². The van der Waals surface area contributed by atoms with Gasteiger partial charge in [0.1, 0.15) is 5.75 Å². The Hall–Kier alpha value is -2.56. The van der Waals surface area contributed by atoms with E-state index in [9.17, 15) is 4.79 Å². The Kier molecular flexibility index (Phi) is 3.97. The molecule has 2 rings (SSSR count). The van der Waals surface area contributed by atoms with Gasteiger partial charge in [-0.25, -0.2) is 9.78 Å². The molecule has 0 spiro atoms. The fourth-order valence-corrected chi connectivity index (χ4v) is 1.37. The zero-order valence-electron chi connectivity index (χ0n) is 10.8. The van der Waals surface area contributed by atoms with Gasteiger partial charge in [0.25, 0.3) is 0 Å². The van der Waals surface area contributed by atoms with Gasteiger partial charge >= 0.3 is 6.03 Å². The highest BCUT2D eigenvalue weighted by Gasteiger charge is 2.04. The van der Waals surface area contributed by atoms with Gasteiger partial charge in [0.05, 0.1) is 0 Å². The molecule has 2 aromatic rings. The number of nitrogens with one attached hydrogen (secondary N) is 1. The highest BCUT2D eigenvalue weighted by Crippen LogP contribution is 2.21. The first kappa shape index (κ1) is 12.9. The van der Waals surface area contributed by atoms with Crippen LogP contribution in [0.3, 0.4) is 0 Å². The molecule has 1 N–H and O–H groups in total. The van der Waals surface area contributed by atoms with Crippen molar-refractivity contribution in [2.75, 3.05) is 19.4 Å². The Morgan fingerprint density at radius 2 is 1.89 bits per heavy atom. The predicted octanol–water partition coefficient (Wildman–Crippen LogP) is 2.97. The van der Waals surface area contributed by atoms with E-state index in [1.807, 2.05) is 12.1 Å². The van der Waals surface area contributed by atoms with Crippen molar-refractivity contribution < 1.29 is 9.53 Å². The van der Waals surface area contributed by atoms with Gasteiger partial charge in [0.2, 0.25) is 5.88 Å². The second-order valence-electron chi connectivity index (χ2n) is 4.12. The smallest absolute Gasteiger partial charge is 0.321 e. The van der Waals surface area contributed by atoms with Gasteiger partial charge in [-0.2, -0.15) is 0 Å². The predicted molar refractivity (Wildman–Crippen MR) is 73.5 cm³/mol. The molecule has 0 aliphatic rings. The number of rotatable bonds is 3. The Bertz CT molecular complexity index is 538. The van der Waals surface area contributed by atoms with E-state index in [0.717, 1.165) is 0 Å². The first-order chi connectivity index (χ1) is 9.15. The highest BCUT2D eigenvalue weighted by molar-refractivity contribution is 5.88. The molecule has 0 unspecified atom stereocenters. The molecule has 0 atom stereocenters. The Morgan fingerprint density at radius 1 is 1.16 bits per heavy atom. The normalized spacial score (nSPS) is 9.79. The lowest BCUT2D eigenvalue weighted by Crippen LogP contribution is -2.27. The van der Waals surface area contributed by atoms with Crippen LogP contribution in [0.2, 0.25) is 0 Å². The van der Waals surface area contributed by atoms with E-state index >= 15 is 0 Å². The number of pyridine rings is 1. The van der Waals surface area contributed by atoms with E-state index in [4.69, 9.17) is 4.74 Å². The third kappa shape index (κ3) is 3.70. The number of carbonyl (C=O) groups excluding carboxylic acids is 1. The lowest BCUT2D eigenvalue weighted by atomic mass is 10.3. The van der Waals surface area contributed by atoms with Crippen LogP contribution in [-0.2, 0) is 0 Å². The Morgan fingerprint density at radius 3 is 2.47 bits per heavy atom. The molecule has 5 heteroatoms. The first-order valence-electron chi connectivity index (χ1n) is 5.82. The molecule has 0 radical (unpaired) electrons. The summed E-state index contributed by atoms with van der Waals surface area (Å²) in [4.78, 5) is 17.0. The summed E-state index contributed by atoms with van der Waals surface area (Å²) in [7, 11) is 3.38. The van der Waals surface area contributed by atoms with Crippen LogP contribution in [0.4, 0.5) is 10.5 Å². The summed E-state index contributed by atoms with van der Waals surface area (Å²) in [6.45, 7) is 0. The molecule has 1 aromatic carbocycles. The fourth-order valence-electron chi connectivity index (χ4n) is 1.37. The molecule has 0 aliphatic carbocycles. The number of ether oxygens (including phenoxy) is 1. The zero-order valence-corrected chi connectivity index (χ0v) is 10.8. The lowest BCUT2D eigenvalue weighted by molar-refractivity contribution is 0.230. The number of hydrogen-bond acceptors (Lipinski definition) is 3. The maximum atomic E-state index is 11.5. The van der Waals surface area contributed by atoms with E-state index in [0.29, 0.717) is 17.3 Å². The Labute approximate surface area is 111 Å². The summed E-state index contributed by atoms with van der Waals surface area (Å²) in [6.07, 6.45) is 1.67. The van der Waals surface area contributed by atoms with Gasteiger partial charge < -0.3 is 15.0 Å². The van der Waals surface area contributed by atoms with Crippen molar-refractivity contribution in [3.8, 4) is 11.6 Å². The van der Waals surface area contributed by atoms with Crippen LogP contribution in [0.15, 0.2) is 48.7 Å². The number of nitrogens with zero attached hydrogens (tertiary/aromatic N) is 2. The molecule has 1 aromatic heterocycles. The quantitative estimate of drug-likeness (QED) is 0.919. The second-order valence-corrected chi connectivity index (χ2v) is 4.12. The van der Waals surface area contributed by atoms with Crippen LogP contribution < -0.4 is 10.1 Å². The van der Waals surface area contributed by atoms with E-state index in [-0.39, 0.29) is 6.03 Å². The van der Waals surface area contributed by atoms with Gasteiger partial charge in [-0.05, 0) is 30.3 Å². The van der Waals surface area contributed by atoms with E-state index < -0.39 is 0 Å². The second kappa shape index (κ2) is 5.86. The molecule has 0 bridgehead atoms. The van der Waals surface area contributed by atoms with Crippen LogP contribution in [0.5, 0.6) is 11.6 Å². The third-order valence-electron chi connectivity index (χ3n) is 2.37. The number of aromatic nitrogens is 1. The molecule has 0 aliphatic heterocycles. The molecule has 0 saturated carbocycles. The lowest BCUT2D eigenvalue weighted by Gasteiger charge is -2.12. The zero-order chi connectivity index (χ0) is 13.7. The molecular weight excluding hydrogens is 242 g/mol. The molecular formula is C14H15N3O2. The molecule has 98 valence electrons. The maximum Gasteiger partial charge on any atom is 0.321 e. The van der Waals surface area contributed by atoms with Crippen LogP contribution in [0.1, 0.15) is 0 Å². The third-order valence-corrected chi connectivity index (χ3v) is 2.37. The van der Waals surface area contributed by atoms with Crippen molar-refractivity contribution in [1.82, 2.24) is 9.88 Å². The molecule has 0 saturated heterocycles. The van der Waals surface area contributed by atoms with E-state index in [2.05, 4.69) is 10.3 Å². The van der Waals surface area contributed by atoms with Gasteiger partial charge in [0, 0.05) is 32.0 Å².